The molecule has 18 heavy (non-hydrogen) atoms. The number of pyridine rings is 1. The maximum absolute atomic E-state index is 12.0. The molecule has 0 aliphatic heterocycles. The second-order valence-electron chi connectivity index (χ2n) is 4.61. The molecule has 0 aromatic carbocycles. The van der Waals surface area contributed by atoms with E-state index in [0.29, 0.717) is 12.5 Å². The Hall–Kier alpha value is -0.850. The monoisotopic (exact) mass is 291 g/mol. The first-order valence-electron chi connectivity index (χ1n) is 5.64. The standard InChI is InChI=1S/C11H18ClN3O2S/c1-7(2)8(3)5-15-18(16,17)9-4-10(12)11(13)14-6-9/h4,6-8,15H,5H2,1-3H3,(H2,13,14). The number of nitrogens with two attached hydrogens (primary N) is 1. The third-order valence-electron chi connectivity index (χ3n) is 2.89. The van der Waals surface area contributed by atoms with Crippen LogP contribution < -0.4 is 10.5 Å². The first-order valence-corrected chi connectivity index (χ1v) is 7.51. The summed E-state index contributed by atoms with van der Waals surface area (Å²) in [6, 6.07) is 1.30. The number of hydrogen-bond acceptors (Lipinski definition) is 4. The van der Waals surface area contributed by atoms with Crippen molar-refractivity contribution >= 4 is 27.4 Å². The Bertz CT molecular complexity index is 517. The molecule has 7 heteroatoms. The quantitative estimate of drug-likeness (QED) is 0.867. The van der Waals surface area contributed by atoms with Crippen molar-refractivity contribution in [3.63, 3.8) is 0 Å². The number of nitrogens with zero attached hydrogens (tertiary/aromatic N) is 1. The van der Waals surface area contributed by atoms with E-state index >= 15 is 0 Å². The summed E-state index contributed by atoms with van der Waals surface area (Å²) < 4.78 is 26.5. The minimum absolute atomic E-state index is 0.0256. The molecule has 1 unspecified atom stereocenters. The van der Waals surface area contributed by atoms with Crippen molar-refractivity contribution in [1.29, 1.82) is 0 Å². The van der Waals surface area contributed by atoms with Crippen LogP contribution in [-0.4, -0.2) is 19.9 Å². The van der Waals surface area contributed by atoms with Gasteiger partial charge in [0.15, 0.2) is 0 Å². The highest BCUT2D eigenvalue weighted by molar-refractivity contribution is 7.89. The molecule has 0 saturated heterocycles. The lowest BCUT2D eigenvalue weighted by atomic mass is 9.99. The molecular weight excluding hydrogens is 274 g/mol. The van der Waals surface area contributed by atoms with Crippen LogP contribution >= 0.6 is 11.6 Å². The van der Waals surface area contributed by atoms with E-state index < -0.39 is 10.0 Å². The summed E-state index contributed by atoms with van der Waals surface area (Å²) in [6.45, 7) is 6.45. The van der Waals surface area contributed by atoms with E-state index in [1.807, 2.05) is 20.8 Å². The van der Waals surface area contributed by atoms with Crippen LogP contribution in [0.15, 0.2) is 17.2 Å². The van der Waals surface area contributed by atoms with E-state index in [1.165, 1.54) is 12.3 Å². The first-order chi connectivity index (χ1) is 8.24. The van der Waals surface area contributed by atoms with Crippen molar-refractivity contribution < 1.29 is 8.42 Å². The van der Waals surface area contributed by atoms with Crippen LogP contribution in [0.4, 0.5) is 5.82 Å². The van der Waals surface area contributed by atoms with Gasteiger partial charge in [0.25, 0.3) is 0 Å². The van der Waals surface area contributed by atoms with E-state index in [0.717, 1.165) is 0 Å². The summed E-state index contributed by atoms with van der Waals surface area (Å²) in [4.78, 5) is 3.76. The number of nitrogens with one attached hydrogen (secondary N) is 1. The van der Waals surface area contributed by atoms with Gasteiger partial charge in [0.2, 0.25) is 10.0 Å². The Kier molecular flexibility index (Phi) is 4.95. The molecule has 1 rings (SSSR count). The molecule has 5 nitrogen and oxygen atoms in total. The van der Waals surface area contributed by atoms with Crippen LogP contribution in [0.5, 0.6) is 0 Å². The normalized spacial score (nSPS) is 13.8. The highest BCUT2D eigenvalue weighted by atomic mass is 35.5. The predicted octanol–water partition coefficient (Wildman–Crippen LogP) is 1.89. The van der Waals surface area contributed by atoms with Crippen LogP contribution in [0.2, 0.25) is 5.02 Å². The number of rotatable bonds is 5. The molecule has 1 aromatic rings. The molecule has 0 amide bonds. The second-order valence-corrected chi connectivity index (χ2v) is 6.79. The van der Waals surface area contributed by atoms with Gasteiger partial charge in [-0.3, -0.25) is 0 Å². The minimum atomic E-state index is -3.58. The van der Waals surface area contributed by atoms with Gasteiger partial charge in [0, 0.05) is 12.7 Å². The van der Waals surface area contributed by atoms with E-state index in [1.54, 1.807) is 0 Å². The molecule has 0 bridgehead atoms. The second kappa shape index (κ2) is 5.86. The lowest BCUT2D eigenvalue weighted by Crippen LogP contribution is -2.30. The highest BCUT2D eigenvalue weighted by Gasteiger charge is 2.18. The largest absolute Gasteiger partial charge is 0.382 e. The highest BCUT2D eigenvalue weighted by Crippen LogP contribution is 2.20. The molecule has 0 saturated carbocycles. The number of nitrogen functional groups attached to an aromatic ring is 1. The zero-order valence-corrected chi connectivity index (χ0v) is 12.2. The van der Waals surface area contributed by atoms with Gasteiger partial charge < -0.3 is 5.73 Å². The molecule has 1 atom stereocenters. The molecule has 0 aliphatic rings. The van der Waals surface area contributed by atoms with Gasteiger partial charge in [0.1, 0.15) is 10.7 Å². The van der Waals surface area contributed by atoms with Gasteiger partial charge >= 0.3 is 0 Å². The maximum atomic E-state index is 12.0. The number of sulfonamides is 1. The summed E-state index contributed by atoms with van der Waals surface area (Å²) >= 11 is 5.75. The molecule has 0 aliphatic carbocycles. The average Bonchev–Trinajstić information content (AvgIpc) is 2.29. The van der Waals surface area contributed by atoms with Gasteiger partial charge in [-0.2, -0.15) is 0 Å². The Morgan fingerprint density at radius 3 is 2.56 bits per heavy atom. The van der Waals surface area contributed by atoms with E-state index in [2.05, 4.69) is 9.71 Å². The van der Waals surface area contributed by atoms with Crippen LogP contribution in [0.25, 0.3) is 0 Å². The fourth-order valence-corrected chi connectivity index (χ4v) is 2.48. The molecular formula is C11H18ClN3O2S. The van der Waals surface area contributed by atoms with E-state index in [4.69, 9.17) is 17.3 Å². The smallest absolute Gasteiger partial charge is 0.242 e. The van der Waals surface area contributed by atoms with Crippen LogP contribution in [-0.2, 0) is 10.0 Å². The van der Waals surface area contributed by atoms with E-state index in [-0.39, 0.29) is 21.7 Å². The lowest BCUT2D eigenvalue weighted by molar-refractivity contribution is 0.414. The predicted molar refractivity (Wildman–Crippen MR) is 72.8 cm³/mol. The lowest BCUT2D eigenvalue weighted by Gasteiger charge is -2.16. The molecule has 1 heterocycles. The minimum Gasteiger partial charge on any atom is -0.382 e. The molecule has 0 fully saturated rings. The summed E-state index contributed by atoms with van der Waals surface area (Å²) in [5.74, 6) is 0.768. The third-order valence-corrected chi connectivity index (χ3v) is 4.58. The number of anilines is 1. The van der Waals surface area contributed by atoms with Gasteiger partial charge in [-0.15, -0.1) is 0 Å². The zero-order chi connectivity index (χ0) is 13.9. The van der Waals surface area contributed by atoms with E-state index in [9.17, 15) is 8.42 Å². The van der Waals surface area contributed by atoms with Crippen molar-refractivity contribution in [1.82, 2.24) is 9.71 Å². The van der Waals surface area contributed by atoms with Gasteiger partial charge in [-0.25, -0.2) is 18.1 Å². The summed E-state index contributed by atoms with van der Waals surface area (Å²) in [5, 5.41) is 0.134. The number of halogens is 1. The van der Waals surface area contributed by atoms with Crippen LogP contribution in [0.1, 0.15) is 20.8 Å². The Labute approximate surface area is 113 Å². The van der Waals surface area contributed by atoms with Crippen LogP contribution in [0, 0.1) is 11.8 Å². The van der Waals surface area contributed by atoms with Gasteiger partial charge in [-0.05, 0) is 17.9 Å². The fourth-order valence-electron chi connectivity index (χ4n) is 1.14. The van der Waals surface area contributed by atoms with Crippen molar-refractivity contribution in [2.75, 3.05) is 12.3 Å². The van der Waals surface area contributed by atoms with Crippen molar-refractivity contribution in [3.05, 3.63) is 17.3 Å². The van der Waals surface area contributed by atoms with Gasteiger partial charge in [0.05, 0.1) is 5.02 Å². The third kappa shape index (κ3) is 3.83. The fraction of sp³-hybridized carbons (Fsp3) is 0.545. The SMILES string of the molecule is CC(C)C(C)CNS(=O)(=O)c1cnc(N)c(Cl)c1. The van der Waals surface area contributed by atoms with Gasteiger partial charge in [-0.1, -0.05) is 32.4 Å². The summed E-state index contributed by atoms with van der Waals surface area (Å²) in [5.41, 5.74) is 5.44. The van der Waals surface area contributed by atoms with Crippen LogP contribution in [0.3, 0.4) is 0 Å². The molecule has 1 aromatic heterocycles. The number of hydrogen-bond donors (Lipinski definition) is 2. The zero-order valence-electron chi connectivity index (χ0n) is 10.6. The Morgan fingerprint density at radius 1 is 1.44 bits per heavy atom. The molecule has 3 N–H and O–H groups in total. The Morgan fingerprint density at radius 2 is 2.06 bits per heavy atom. The maximum Gasteiger partial charge on any atom is 0.242 e. The molecule has 102 valence electrons. The molecule has 0 spiro atoms. The first kappa shape index (κ1) is 15.2. The summed E-state index contributed by atoms with van der Waals surface area (Å²) in [7, 11) is -3.58. The molecule has 0 radical (unpaired) electrons. The van der Waals surface area contributed by atoms with Crippen molar-refractivity contribution in [2.45, 2.75) is 25.7 Å². The summed E-state index contributed by atoms with van der Waals surface area (Å²) in [6.07, 6.45) is 1.20. The topological polar surface area (TPSA) is 85.1 Å². The number of aromatic nitrogens is 1. The Balaban J connectivity index is 2.83. The average molecular weight is 292 g/mol. The van der Waals surface area contributed by atoms with Crippen molar-refractivity contribution in [2.24, 2.45) is 11.8 Å². The van der Waals surface area contributed by atoms with Crippen molar-refractivity contribution in [3.8, 4) is 0 Å².